The molecule has 0 aliphatic rings. The largest absolute Gasteiger partial charge is 0.417 e. The SMILES string of the molecule is CON(CCc1c(Cl)cc(Cl)cc1Cl)C(=O)c1ccccc1C(F)(F)F. The van der Waals surface area contributed by atoms with Crippen molar-refractivity contribution in [3.8, 4) is 0 Å². The Morgan fingerprint density at radius 1 is 1.12 bits per heavy atom. The zero-order valence-electron chi connectivity index (χ0n) is 13.4. The monoisotopic (exact) mass is 425 g/mol. The highest BCUT2D eigenvalue weighted by atomic mass is 35.5. The predicted octanol–water partition coefficient (Wildman–Crippen LogP) is 5.91. The van der Waals surface area contributed by atoms with Gasteiger partial charge in [-0.3, -0.25) is 9.63 Å². The summed E-state index contributed by atoms with van der Waals surface area (Å²) in [5.41, 5.74) is -1.03. The Kier molecular flexibility index (Phi) is 6.80. The normalized spacial score (nSPS) is 11.5. The lowest BCUT2D eigenvalue weighted by atomic mass is 10.1. The van der Waals surface area contributed by atoms with E-state index in [1.54, 1.807) is 0 Å². The van der Waals surface area contributed by atoms with Gasteiger partial charge in [0.2, 0.25) is 0 Å². The van der Waals surface area contributed by atoms with Gasteiger partial charge in [-0.25, -0.2) is 5.06 Å². The topological polar surface area (TPSA) is 29.5 Å². The summed E-state index contributed by atoms with van der Waals surface area (Å²) >= 11 is 18.0. The number of nitrogens with zero attached hydrogens (tertiary/aromatic N) is 1. The molecule has 0 atom stereocenters. The number of hydrogen-bond acceptors (Lipinski definition) is 2. The van der Waals surface area contributed by atoms with Crippen LogP contribution in [0.3, 0.4) is 0 Å². The Balaban J connectivity index is 2.24. The second-order valence-corrected chi connectivity index (χ2v) is 6.48. The molecule has 0 saturated heterocycles. The molecular formula is C17H13Cl3F3NO2. The molecule has 0 aromatic heterocycles. The van der Waals surface area contributed by atoms with Crippen LogP contribution in [0.2, 0.25) is 15.1 Å². The molecule has 2 aromatic carbocycles. The molecule has 0 radical (unpaired) electrons. The number of benzene rings is 2. The highest BCUT2D eigenvalue weighted by Gasteiger charge is 2.36. The maximum Gasteiger partial charge on any atom is 0.417 e. The quantitative estimate of drug-likeness (QED) is 0.556. The molecule has 0 saturated carbocycles. The molecule has 0 bridgehead atoms. The van der Waals surface area contributed by atoms with Gasteiger partial charge in [0.1, 0.15) is 0 Å². The van der Waals surface area contributed by atoms with E-state index in [0.717, 1.165) is 17.2 Å². The minimum atomic E-state index is -4.66. The smallest absolute Gasteiger partial charge is 0.274 e. The molecule has 0 aliphatic carbocycles. The van der Waals surface area contributed by atoms with Crippen LogP contribution in [0, 0.1) is 0 Å². The summed E-state index contributed by atoms with van der Waals surface area (Å²) in [7, 11) is 1.19. The lowest BCUT2D eigenvalue weighted by molar-refractivity contribution is -0.138. The van der Waals surface area contributed by atoms with E-state index in [4.69, 9.17) is 39.6 Å². The lowest BCUT2D eigenvalue weighted by Crippen LogP contribution is -2.33. The summed E-state index contributed by atoms with van der Waals surface area (Å²) < 4.78 is 39.3. The van der Waals surface area contributed by atoms with Crippen LogP contribution in [-0.2, 0) is 17.4 Å². The van der Waals surface area contributed by atoms with E-state index >= 15 is 0 Å². The molecule has 0 N–H and O–H groups in total. The number of hydroxylamine groups is 2. The average molecular weight is 427 g/mol. The first-order chi connectivity index (χ1) is 12.1. The second-order valence-electron chi connectivity index (χ2n) is 5.23. The van der Waals surface area contributed by atoms with Crippen LogP contribution in [0.15, 0.2) is 36.4 Å². The Labute approximate surface area is 163 Å². The van der Waals surface area contributed by atoms with Gasteiger partial charge in [-0.15, -0.1) is 0 Å². The molecule has 1 amide bonds. The summed E-state index contributed by atoms with van der Waals surface area (Å²) in [4.78, 5) is 17.5. The molecule has 2 aromatic rings. The number of carbonyl (C=O) groups excluding carboxylic acids is 1. The lowest BCUT2D eigenvalue weighted by Gasteiger charge is -2.22. The van der Waals surface area contributed by atoms with E-state index in [1.807, 2.05) is 0 Å². The number of amides is 1. The summed E-state index contributed by atoms with van der Waals surface area (Å²) in [5, 5.41) is 1.76. The van der Waals surface area contributed by atoms with Gasteiger partial charge in [0.05, 0.1) is 24.8 Å². The van der Waals surface area contributed by atoms with E-state index in [9.17, 15) is 18.0 Å². The Bertz CT molecular complexity index is 789. The zero-order chi connectivity index (χ0) is 19.5. The van der Waals surface area contributed by atoms with Gasteiger partial charge in [-0.1, -0.05) is 46.9 Å². The van der Waals surface area contributed by atoms with E-state index in [-0.39, 0.29) is 13.0 Å². The minimum Gasteiger partial charge on any atom is -0.274 e. The van der Waals surface area contributed by atoms with Crippen LogP contribution in [-0.4, -0.2) is 24.6 Å². The maximum atomic E-state index is 13.1. The predicted molar refractivity (Wildman–Crippen MR) is 94.7 cm³/mol. The molecule has 0 fully saturated rings. The summed E-state index contributed by atoms with van der Waals surface area (Å²) in [6.45, 7) is -0.0530. The number of rotatable bonds is 5. The van der Waals surface area contributed by atoms with Crippen LogP contribution >= 0.6 is 34.8 Å². The highest BCUT2D eigenvalue weighted by molar-refractivity contribution is 6.39. The van der Waals surface area contributed by atoms with Crippen molar-refractivity contribution in [2.24, 2.45) is 0 Å². The molecule has 3 nitrogen and oxygen atoms in total. The Morgan fingerprint density at radius 3 is 2.23 bits per heavy atom. The molecular weight excluding hydrogens is 414 g/mol. The first-order valence-electron chi connectivity index (χ1n) is 7.30. The van der Waals surface area contributed by atoms with E-state index in [2.05, 4.69) is 0 Å². The van der Waals surface area contributed by atoms with Gasteiger partial charge in [0, 0.05) is 15.1 Å². The summed E-state index contributed by atoms with van der Waals surface area (Å²) in [6, 6.07) is 7.48. The van der Waals surface area contributed by atoms with Crippen molar-refractivity contribution in [3.05, 3.63) is 68.2 Å². The zero-order valence-corrected chi connectivity index (χ0v) is 15.7. The minimum absolute atomic E-state index is 0.0530. The van der Waals surface area contributed by atoms with Crippen molar-refractivity contribution >= 4 is 40.7 Å². The molecule has 0 spiro atoms. The summed E-state index contributed by atoms with van der Waals surface area (Å²) in [6.07, 6.45) is -4.49. The number of halogens is 6. The fraction of sp³-hybridized carbons (Fsp3) is 0.235. The van der Waals surface area contributed by atoms with Gasteiger partial charge >= 0.3 is 6.18 Å². The van der Waals surface area contributed by atoms with Crippen molar-refractivity contribution in [1.82, 2.24) is 5.06 Å². The van der Waals surface area contributed by atoms with Crippen LogP contribution in [0.4, 0.5) is 13.2 Å². The van der Waals surface area contributed by atoms with E-state index < -0.39 is 23.2 Å². The van der Waals surface area contributed by atoms with Gasteiger partial charge in [-0.05, 0) is 36.2 Å². The number of alkyl halides is 3. The van der Waals surface area contributed by atoms with Crippen molar-refractivity contribution in [3.63, 3.8) is 0 Å². The molecule has 2 rings (SSSR count). The maximum absolute atomic E-state index is 13.1. The standard InChI is InChI=1S/C17H13Cl3F3NO2/c1-26-24(7-6-12-14(19)8-10(18)9-15(12)20)16(25)11-4-2-3-5-13(11)17(21,22)23/h2-5,8-9H,6-7H2,1H3. The van der Waals surface area contributed by atoms with Crippen molar-refractivity contribution in [1.29, 1.82) is 0 Å². The molecule has 26 heavy (non-hydrogen) atoms. The van der Waals surface area contributed by atoms with Gasteiger partial charge in [-0.2, -0.15) is 13.2 Å². The van der Waals surface area contributed by atoms with Gasteiger partial charge in [0.25, 0.3) is 5.91 Å². The van der Waals surface area contributed by atoms with Gasteiger partial charge < -0.3 is 0 Å². The van der Waals surface area contributed by atoms with Crippen molar-refractivity contribution in [2.75, 3.05) is 13.7 Å². The molecule has 0 heterocycles. The molecule has 140 valence electrons. The molecule has 0 aliphatic heterocycles. The average Bonchev–Trinajstić information content (AvgIpc) is 2.56. The Morgan fingerprint density at radius 2 is 1.69 bits per heavy atom. The van der Waals surface area contributed by atoms with E-state index in [0.29, 0.717) is 20.6 Å². The van der Waals surface area contributed by atoms with E-state index in [1.165, 1.54) is 31.4 Å². The third-order valence-electron chi connectivity index (χ3n) is 3.58. The first-order valence-corrected chi connectivity index (χ1v) is 8.44. The van der Waals surface area contributed by atoms with Crippen LogP contribution < -0.4 is 0 Å². The van der Waals surface area contributed by atoms with Crippen LogP contribution in [0.5, 0.6) is 0 Å². The second kappa shape index (κ2) is 8.48. The van der Waals surface area contributed by atoms with Gasteiger partial charge in [0.15, 0.2) is 0 Å². The van der Waals surface area contributed by atoms with Crippen molar-refractivity contribution in [2.45, 2.75) is 12.6 Å². The number of hydrogen-bond donors (Lipinski definition) is 0. The molecule has 9 heteroatoms. The fourth-order valence-corrected chi connectivity index (χ4v) is 3.36. The fourth-order valence-electron chi connectivity index (χ4n) is 2.35. The third-order valence-corrected chi connectivity index (χ3v) is 4.47. The Hall–Kier alpha value is -1.47. The summed E-state index contributed by atoms with van der Waals surface area (Å²) in [5.74, 6) is -0.915. The third kappa shape index (κ3) is 4.82. The first kappa shape index (κ1) is 20.8. The van der Waals surface area contributed by atoms with Crippen LogP contribution in [0.1, 0.15) is 21.5 Å². The molecule has 0 unspecified atom stereocenters. The van der Waals surface area contributed by atoms with Crippen molar-refractivity contribution < 1.29 is 22.8 Å². The number of carbonyl (C=O) groups is 1. The highest BCUT2D eigenvalue weighted by Crippen LogP contribution is 2.33. The van der Waals surface area contributed by atoms with Crippen LogP contribution in [0.25, 0.3) is 0 Å².